The lowest BCUT2D eigenvalue weighted by Crippen LogP contribution is -1.79. The molecule has 0 aliphatic heterocycles. The van der Waals surface area contributed by atoms with Gasteiger partial charge in [0, 0.05) is 10.9 Å². The van der Waals surface area contributed by atoms with Crippen LogP contribution in [-0.2, 0) is 0 Å². The molecular weight excluding hydrogens is 278 g/mol. The van der Waals surface area contributed by atoms with E-state index in [1.54, 1.807) is 28.7 Å². The number of phenols is 2. The number of aromatic nitrogens is 1. The third-order valence-corrected chi connectivity index (χ3v) is 4.84. The molecule has 96 valence electrons. The number of aromatic hydroxyl groups is 2. The number of thiophene rings is 1. The smallest absolute Gasteiger partial charge is 0.158 e. The molecule has 1 aromatic carbocycles. The van der Waals surface area contributed by atoms with E-state index in [1.807, 2.05) is 5.38 Å². The molecule has 0 spiro atoms. The predicted octanol–water partition coefficient (Wildman–Crippen LogP) is 4.26. The van der Waals surface area contributed by atoms with Crippen LogP contribution >= 0.6 is 22.7 Å². The van der Waals surface area contributed by atoms with E-state index in [1.165, 1.54) is 22.6 Å². The van der Waals surface area contributed by atoms with Gasteiger partial charge in [-0.3, -0.25) is 0 Å². The first-order valence-electron chi connectivity index (χ1n) is 5.67. The Hall–Kier alpha value is -1.85. The van der Waals surface area contributed by atoms with Crippen LogP contribution in [0.2, 0.25) is 0 Å². The zero-order valence-electron chi connectivity index (χ0n) is 10.1. The molecule has 0 bridgehead atoms. The van der Waals surface area contributed by atoms with Crippen molar-refractivity contribution in [2.45, 2.75) is 6.92 Å². The molecule has 0 saturated heterocycles. The highest BCUT2D eigenvalue weighted by Gasteiger charge is 2.11. The lowest BCUT2D eigenvalue weighted by Gasteiger charge is -2.00. The Morgan fingerprint density at radius 1 is 1.05 bits per heavy atom. The molecule has 3 nitrogen and oxygen atoms in total. The molecule has 0 aliphatic rings. The van der Waals surface area contributed by atoms with Gasteiger partial charge in [-0.05, 0) is 42.1 Å². The van der Waals surface area contributed by atoms with Gasteiger partial charge in [-0.15, -0.1) is 22.7 Å². The third kappa shape index (κ3) is 2.22. The van der Waals surface area contributed by atoms with E-state index >= 15 is 0 Å². The number of aryl methyl sites for hydroxylation is 1. The monoisotopic (exact) mass is 289 g/mol. The van der Waals surface area contributed by atoms with Gasteiger partial charge in [0.05, 0.1) is 10.6 Å². The molecule has 0 saturated carbocycles. The van der Waals surface area contributed by atoms with Crippen LogP contribution in [0.3, 0.4) is 0 Å². The molecule has 0 atom stereocenters. The van der Waals surface area contributed by atoms with Gasteiger partial charge in [0.25, 0.3) is 0 Å². The highest BCUT2D eigenvalue weighted by Crippen LogP contribution is 2.36. The Balaban J connectivity index is 2.01. The van der Waals surface area contributed by atoms with Crippen molar-refractivity contribution in [3.05, 3.63) is 40.6 Å². The Bertz CT molecular complexity index is 731. The minimum absolute atomic E-state index is 0.117. The highest BCUT2D eigenvalue weighted by molar-refractivity contribution is 7.20. The minimum atomic E-state index is -0.126. The van der Waals surface area contributed by atoms with Crippen molar-refractivity contribution >= 4 is 22.7 Å². The zero-order valence-corrected chi connectivity index (χ0v) is 11.8. The van der Waals surface area contributed by atoms with E-state index in [2.05, 4.69) is 23.4 Å². The summed E-state index contributed by atoms with van der Waals surface area (Å²) in [5, 5.41) is 23.8. The fraction of sp³-hybridized carbons (Fsp3) is 0.0714. The van der Waals surface area contributed by atoms with Gasteiger partial charge in [0.15, 0.2) is 11.5 Å². The van der Waals surface area contributed by atoms with Gasteiger partial charge >= 0.3 is 0 Å². The second-order valence-electron chi connectivity index (χ2n) is 4.17. The summed E-state index contributed by atoms with van der Waals surface area (Å²) < 4.78 is 0. The first-order chi connectivity index (χ1) is 9.15. The van der Waals surface area contributed by atoms with Crippen LogP contribution < -0.4 is 0 Å². The predicted molar refractivity (Wildman–Crippen MR) is 78.9 cm³/mol. The first kappa shape index (κ1) is 12.2. The molecular formula is C14H11NO2S2. The molecule has 0 unspecified atom stereocenters. The van der Waals surface area contributed by atoms with Crippen molar-refractivity contribution in [1.29, 1.82) is 0 Å². The Morgan fingerprint density at radius 3 is 2.58 bits per heavy atom. The van der Waals surface area contributed by atoms with Gasteiger partial charge in [-0.1, -0.05) is 0 Å². The van der Waals surface area contributed by atoms with Gasteiger partial charge in [-0.2, -0.15) is 0 Å². The van der Waals surface area contributed by atoms with Crippen molar-refractivity contribution in [2.75, 3.05) is 0 Å². The number of hydrogen-bond donors (Lipinski definition) is 2. The number of hydrogen-bond acceptors (Lipinski definition) is 5. The summed E-state index contributed by atoms with van der Waals surface area (Å²) in [6, 6.07) is 6.82. The Labute approximate surface area is 118 Å². The van der Waals surface area contributed by atoms with Crippen LogP contribution in [-0.4, -0.2) is 15.2 Å². The van der Waals surface area contributed by atoms with Crippen LogP contribution in [0, 0.1) is 6.92 Å². The average Bonchev–Trinajstić information content (AvgIpc) is 3.01. The standard InChI is InChI=1S/C14H11NO2S2/c1-8-4-5-18-13(8)14-15-10(7-19-14)9-2-3-11(16)12(17)6-9/h2-7,16-17H,1H3. The molecule has 0 amide bonds. The van der Waals surface area contributed by atoms with Crippen molar-refractivity contribution < 1.29 is 10.2 Å². The number of phenolic OH excluding ortho intramolecular Hbond substituents is 2. The molecule has 3 aromatic rings. The lowest BCUT2D eigenvalue weighted by molar-refractivity contribution is 0.404. The maximum Gasteiger partial charge on any atom is 0.158 e. The highest BCUT2D eigenvalue weighted by atomic mass is 32.1. The van der Waals surface area contributed by atoms with Gasteiger partial charge in [0.2, 0.25) is 0 Å². The summed E-state index contributed by atoms with van der Waals surface area (Å²) in [4.78, 5) is 5.77. The Morgan fingerprint density at radius 2 is 1.89 bits per heavy atom. The van der Waals surface area contributed by atoms with Gasteiger partial charge in [-0.25, -0.2) is 4.98 Å². The maximum absolute atomic E-state index is 9.52. The first-order valence-corrected chi connectivity index (χ1v) is 7.43. The largest absolute Gasteiger partial charge is 0.504 e. The molecule has 0 radical (unpaired) electrons. The van der Waals surface area contributed by atoms with E-state index in [0.717, 1.165) is 16.3 Å². The number of rotatable bonds is 2. The summed E-state index contributed by atoms with van der Waals surface area (Å²) in [6.45, 7) is 2.07. The van der Waals surface area contributed by atoms with Crippen LogP contribution in [0.25, 0.3) is 21.1 Å². The van der Waals surface area contributed by atoms with Gasteiger partial charge < -0.3 is 10.2 Å². The molecule has 0 fully saturated rings. The third-order valence-electron chi connectivity index (χ3n) is 2.83. The average molecular weight is 289 g/mol. The van der Waals surface area contributed by atoms with Crippen molar-refractivity contribution in [1.82, 2.24) is 4.98 Å². The normalized spacial score (nSPS) is 10.8. The summed E-state index contributed by atoms with van der Waals surface area (Å²) in [7, 11) is 0. The van der Waals surface area contributed by atoms with Crippen LogP contribution in [0.1, 0.15) is 5.56 Å². The summed E-state index contributed by atoms with van der Waals surface area (Å²) in [6.07, 6.45) is 0. The van der Waals surface area contributed by atoms with Crippen molar-refractivity contribution in [2.24, 2.45) is 0 Å². The van der Waals surface area contributed by atoms with E-state index in [9.17, 15) is 10.2 Å². The molecule has 2 aromatic heterocycles. The SMILES string of the molecule is Cc1ccsc1-c1nc(-c2ccc(O)c(O)c2)cs1. The topological polar surface area (TPSA) is 53.4 Å². The molecule has 5 heteroatoms. The molecule has 2 N–H and O–H groups in total. The van der Waals surface area contributed by atoms with E-state index in [0.29, 0.717) is 0 Å². The van der Waals surface area contributed by atoms with Crippen LogP contribution in [0.15, 0.2) is 35.0 Å². The van der Waals surface area contributed by atoms with E-state index in [-0.39, 0.29) is 11.5 Å². The zero-order chi connectivity index (χ0) is 13.4. The lowest BCUT2D eigenvalue weighted by atomic mass is 10.1. The maximum atomic E-state index is 9.52. The molecule has 3 rings (SSSR count). The second-order valence-corrected chi connectivity index (χ2v) is 5.95. The number of benzene rings is 1. The van der Waals surface area contributed by atoms with Crippen LogP contribution in [0.5, 0.6) is 11.5 Å². The molecule has 0 aliphatic carbocycles. The fourth-order valence-electron chi connectivity index (χ4n) is 1.79. The molecule has 19 heavy (non-hydrogen) atoms. The quantitative estimate of drug-likeness (QED) is 0.693. The van der Waals surface area contributed by atoms with Crippen LogP contribution in [0.4, 0.5) is 0 Å². The fourth-order valence-corrected chi connectivity index (χ4v) is 3.71. The van der Waals surface area contributed by atoms with Gasteiger partial charge in [0.1, 0.15) is 5.01 Å². The summed E-state index contributed by atoms with van der Waals surface area (Å²) >= 11 is 3.26. The van der Waals surface area contributed by atoms with Crippen molar-refractivity contribution in [3.63, 3.8) is 0 Å². The van der Waals surface area contributed by atoms with Crippen molar-refractivity contribution in [3.8, 4) is 32.6 Å². The molecule has 2 heterocycles. The second kappa shape index (κ2) is 4.68. The Kier molecular flexibility index (Phi) is 3.00. The van der Waals surface area contributed by atoms with E-state index < -0.39 is 0 Å². The summed E-state index contributed by atoms with van der Waals surface area (Å²) in [5.74, 6) is -0.243. The number of thiazole rings is 1. The summed E-state index contributed by atoms with van der Waals surface area (Å²) in [5.41, 5.74) is 2.83. The minimum Gasteiger partial charge on any atom is -0.504 e. The van der Waals surface area contributed by atoms with E-state index in [4.69, 9.17) is 0 Å². The number of nitrogens with zero attached hydrogens (tertiary/aromatic N) is 1.